The number of hydrogen-bond donors (Lipinski definition) is 6. The lowest BCUT2D eigenvalue weighted by molar-refractivity contribution is -0.144. The Morgan fingerprint density at radius 3 is 2.37 bits per heavy atom. The Labute approximate surface area is 235 Å². The van der Waals surface area contributed by atoms with Crippen molar-refractivity contribution in [3.05, 3.63) is 71.9 Å². The molecular formula is C29H33N5O7. The smallest absolute Gasteiger partial charge is 0.326 e. The summed E-state index contributed by atoms with van der Waals surface area (Å²) in [5.74, 6) is -4.40. The zero-order valence-electron chi connectivity index (χ0n) is 22.3. The minimum Gasteiger partial charge on any atom is -0.481 e. The third kappa shape index (κ3) is 7.28. The molecule has 1 aromatic heterocycles. The number of fused-ring (bicyclic) bond motifs is 1. The number of benzene rings is 2. The Bertz CT molecular complexity index is 1420. The number of aromatic nitrogens is 1. The number of amides is 3. The van der Waals surface area contributed by atoms with Crippen LogP contribution in [-0.2, 0) is 36.8 Å². The molecule has 0 aliphatic carbocycles. The summed E-state index contributed by atoms with van der Waals surface area (Å²) in [6.07, 6.45) is 2.06. The Hall–Kier alpha value is -4.71. The first-order valence-electron chi connectivity index (χ1n) is 13.3. The second-order valence-corrected chi connectivity index (χ2v) is 10.1. The number of carboxylic acids is 2. The number of carbonyl (C=O) groups excluding carboxylic acids is 3. The molecule has 1 aliphatic rings. The van der Waals surface area contributed by atoms with Crippen molar-refractivity contribution in [2.75, 3.05) is 6.54 Å². The van der Waals surface area contributed by atoms with E-state index in [1.165, 1.54) is 4.90 Å². The van der Waals surface area contributed by atoms with Gasteiger partial charge in [0.2, 0.25) is 17.7 Å². The summed E-state index contributed by atoms with van der Waals surface area (Å²) in [5.41, 5.74) is 8.06. The molecule has 3 aromatic rings. The molecule has 1 fully saturated rings. The number of rotatable bonds is 12. The molecule has 41 heavy (non-hydrogen) atoms. The average Bonchev–Trinajstić information content (AvgIpc) is 3.60. The molecule has 0 spiro atoms. The van der Waals surface area contributed by atoms with E-state index in [4.69, 9.17) is 10.8 Å². The Balaban J connectivity index is 1.55. The summed E-state index contributed by atoms with van der Waals surface area (Å²) >= 11 is 0. The number of aliphatic carboxylic acids is 2. The van der Waals surface area contributed by atoms with Gasteiger partial charge in [0.15, 0.2) is 0 Å². The SMILES string of the molecule is NC(CC(=O)O)C(=O)N1CCCC1C(=O)NC(Cc1c[nH]c2ccccc12)C(=O)NC(Cc1ccccc1)C(=O)O. The van der Waals surface area contributed by atoms with E-state index >= 15 is 0 Å². The molecule has 3 amide bonds. The largest absolute Gasteiger partial charge is 0.481 e. The summed E-state index contributed by atoms with van der Waals surface area (Å²) in [5, 5.41) is 25.0. The fourth-order valence-electron chi connectivity index (χ4n) is 5.11. The molecule has 7 N–H and O–H groups in total. The molecule has 4 atom stereocenters. The molecule has 12 heteroatoms. The van der Waals surface area contributed by atoms with Gasteiger partial charge in [0.25, 0.3) is 0 Å². The van der Waals surface area contributed by atoms with Gasteiger partial charge in [-0.25, -0.2) is 4.79 Å². The van der Waals surface area contributed by atoms with E-state index in [-0.39, 0.29) is 19.4 Å². The molecule has 12 nitrogen and oxygen atoms in total. The van der Waals surface area contributed by atoms with E-state index in [1.807, 2.05) is 24.3 Å². The molecule has 1 aliphatic heterocycles. The van der Waals surface area contributed by atoms with Crippen LogP contribution in [0.5, 0.6) is 0 Å². The van der Waals surface area contributed by atoms with Crippen LogP contribution < -0.4 is 16.4 Å². The topological polar surface area (TPSA) is 195 Å². The molecule has 216 valence electrons. The van der Waals surface area contributed by atoms with Gasteiger partial charge in [-0.2, -0.15) is 0 Å². The number of H-pyrrole nitrogens is 1. The standard InChI is InChI=1S/C29H33N5O7/c30-20(15-25(35)36)28(39)34-12-6-11-24(34)27(38)32-22(14-18-16-31-21-10-5-4-9-19(18)21)26(37)33-23(29(40)41)13-17-7-2-1-3-8-17/h1-5,7-10,16,20,22-24,31H,6,11-15,30H2,(H,32,38)(H,33,37)(H,35,36)(H,40,41). The van der Waals surface area contributed by atoms with Crippen molar-refractivity contribution in [1.29, 1.82) is 0 Å². The van der Waals surface area contributed by atoms with Gasteiger partial charge >= 0.3 is 11.9 Å². The predicted octanol–water partition coefficient (Wildman–Crippen LogP) is 0.800. The maximum Gasteiger partial charge on any atom is 0.326 e. The van der Waals surface area contributed by atoms with Crippen molar-refractivity contribution in [3.63, 3.8) is 0 Å². The van der Waals surface area contributed by atoms with Gasteiger partial charge in [-0.1, -0.05) is 48.5 Å². The lowest BCUT2D eigenvalue weighted by atomic mass is 10.0. The highest BCUT2D eigenvalue weighted by molar-refractivity contribution is 5.95. The van der Waals surface area contributed by atoms with Crippen LogP contribution in [0.3, 0.4) is 0 Å². The third-order valence-electron chi connectivity index (χ3n) is 7.18. The van der Waals surface area contributed by atoms with Crippen LogP contribution in [0.1, 0.15) is 30.4 Å². The number of para-hydroxylation sites is 1. The second-order valence-electron chi connectivity index (χ2n) is 10.1. The molecule has 2 heterocycles. The van der Waals surface area contributed by atoms with Gasteiger partial charge in [0.1, 0.15) is 18.1 Å². The zero-order valence-corrected chi connectivity index (χ0v) is 22.3. The lowest BCUT2D eigenvalue weighted by Gasteiger charge is -2.28. The quantitative estimate of drug-likeness (QED) is 0.186. The first-order chi connectivity index (χ1) is 19.6. The number of carboxylic acid groups (broad SMARTS) is 2. The van der Waals surface area contributed by atoms with Crippen molar-refractivity contribution in [2.24, 2.45) is 5.73 Å². The third-order valence-corrected chi connectivity index (χ3v) is 7.18. The Kier molecular flexibility index (Phi) is 9.35. The summed E-state index contributed by atoms with van der Waals surface area (Å²) < 4.78 is 0. The fraction of sp³-hybridized carbons (Fsp3) is 0.345. The van der Waals surface area contributed by atoms with Crippen molar-refractivity contribution in [3.8, 4) is 0 Å². The highest BCUT2D eigenvalue weighted by atomic mass is 16.4. The van der Waals surface area contributed by atoms with E-state index in [0.29, 0.717) is 12.8 Å². The van der Waals surface area contributed by atoms with Crippen LogP contribution in [-0.4, -0.2) is 80.5 Å². The van der Waals surface area contributed by atoms with Gasteiger partial charge in [-0.3, -0.25) is 19.2 Å². The van der Waals surface area contributed by atoms with Crippen LogP contribution in [0.4, 0.5) is 0 Å². The van der Waals surface area contributed by atoms with Crippen LogP contribution in [0, 0.1) is 0 Å². The molecule has 4 unspecified atom stereocenters. The minimum absolute atomic E-state index is 0.0437. The number of aromatic amines is 1. The first kappa shape index (κ1) is 29.3. The molecule has 4 rings (SSSR count). The van der Waals surface area contributed by atoms with Crippen LogP contribution in [0.15, 0.2) is 60.8 Å². The number of hydrogen-bond acceptors (Lipinski definition) is 6. The van der Waals surface area contributed by atoms with E-state index in [0.717, 1.165) is 22.0 Å². The van der Waals surface area contributed by atoms with E-state index in [1.54, 1.807) is 36.5 Å². The fourth-order valence-corrected chi connectivity index (χ4v) is 5.11. The molecule has 0 bridgehead atoms. The van der Waals surface area contributed by atoms with Gasteiger partial charge in [-0.05, 0) is 30.0 Å². The summed E-state index contributed by atoms with van der Waals surface area (Å²) in [7, 11) is 0. The van der Waals surface area contributed by atoms with E-state index in [2.05, 4.69) is 15.6 Å². The maximum atomic E-state index is 13.5. The molecule has 1 saturated heterocycles. The normalized spacial score (nSPS) is 17.0. The molecule has 0 saturated carbocycles. The summed E-state index contributed by atoms with van der Waals surface area (Å²) in [6, 6.07) is 11.6. The highest BCUT2D eigenvalue weighted by Crippen LogP contribution is 2.22. The van der Waals surface area contributed by atoms with Crippen LogP contribution in [0.2, 0.25) is 0 Å². The van der Waals surface area contributed by atoms with Crippen molar-refractivity contribution >= 4 is 40.6 Å². The highest BCUT2D eigenvalue weighted by Gasteiger charge is 2.38. The molecule has 0 radical (unpaired) electrons. The number of nitrogens with one attached hydrogen (secondary N) is 3. The summed E-state index contributed by atoms with van der Waals surface area (Å²) in [6.45, 7) is 0.224. The number of nitrogens with zero attached hydrogens (tertiary/aromatic N) is 1. The monoisotopic (exact) mass is 563 g/mol. The van der Waals surface area contributed by atoms with Gasteiger partial charge < -0.3 is 36.5 Å². The van der Waals surface area contributed by atoms with Crippen LogP contribution >= 0.6 is 0 Å². The molecule has 2 aromatic carbocycles. The Morgan fingerprint density at radius 2 is 1.66 bits per heavy atom. The number of likely N-dealkylation sites (tertiary alicyclic amines) is 1. The summed E-state index contributed by atoms with van der Waals surface area (Å²) in [4.78, 5) is 67.3. The number of nitrogens with two attached hydrogens (primary N) is 1. The van der Waals surface area contributed by atoms with Gasteiger partial charge in [0, 0.05) is 36.5 Å². The average molecular weight is 564 g/mol. The van der Waals surface area contributed by atoms with Crippen molar-refractivity contribution in [1.82, 2.24) is 20.5 Å². The van der Waals surface area contributed by atoms with Crippen LogP contribution in [0.25, 0.3) is 10.9 Å². The second kappa shape index (κ2) is 13.1. The molecular weight excluding hydrogens is 530 g/mol. The zero-order chi connectivity index (χ0) is 29.5. The van der Waals surface area contributed by atoms with Gasteiger partial charge in [0.05, 0.1) is 12.5 Å². The number of carbonyl (C=O) groups is 5. The van der Waals surface area contributed by atoms with E-state index in [9.17, 15) is 29.1 Å². The van der Waals surface area contributed by atoms with Crippen molar-refractivity contribution < 1.29 is 34.2 Å². The van der Waals surface area contributed by atoms with Gasteiger partial charge in [-0.15, -0.1) is 0 Å². The lowest BCUT2D eigenvalue weighted by Crippen LogP contribution is -2.57. The van der Waals surface area contributed by atoms with Crippen molar-refractivity contribution in [2.45, 2.75) is 56.3 Å². The minimum atomic E-state index is -1.31. The van der Waals surface area contributed by atoms with E-state index < -0.39 is 60.2 Å². The first-order valence-corrected chi connectivity index (χ1v) is 13.3. The predicted molar refractivity (Wildman–Crippen MR) is 149 cm³/mol. The Morgan fingerprint density at radius 1 is 0.951 bits per heavy atom. The maximum absolute atomic E-state index is 13.5.